The molecule has 3 aliphatic rings. The molecule has 0 bridgehead atoms. The van der Waals surface area contributed by atoms with Gasteiger partial charge in [-0.2, -0.15) is 5.10 Å². The van der Waals surface area contributed by atoms with Crippen LogP contribution in [-0.2, 0) is 4.74 Å². The van der Waals surface area contributed by atoms with Crippen LogP contribution in [0.15, 0.2) is 30.7 Å². The lowest BCUT2D eigenvalue weighted by Gasteiger charge is -2.36. The molecule has 9 heteroatoms. The number of nitrogens with zero attached hydrogens (tertiary/aromatic N) is 7. The minimum Gasteiger partial charge on any atom is -0.379 e. The number of fused-ring (bicyclic) bond motifs is 2. The Balaban J connectivity index is 1.20. The van der Waals surface area contributed by atoms with Crippen molar-refractivity contribution >= 4 is 11.6 Å². The molecule has 2 aliphatic carbocycles. The SMILES string of the molecule is CO[C@@H]1C[C@H]2CN(C(=O)c3cc4ncccn4n3)C[C@H]2C[C@H]1n1cc(C2CC2)nn1. The first kappa shape index (κ1) is 18.0. The third kappa shape index (κ3) is 2.99. The predicted molar refractivity (Wildman–Crippen MR) is 107 cm³/mol. The molecule has 4 atom stereocenters. The van der Waals surface area contributed by atoms with Crippen molar-refractivity contribution in [2.75, 3.05) is 20.2 Å². The smallest absolute Gasteiger partial charge is 0.274 e. The first-order valence-electron chi connectivity index (χ1n) is 10.7. The van der Waals surface area contributed by atoms with Crippen molar-refractivity contribution in [1.82, 2.24) is 34.5 Å². The van der Waals surface area contributed by atoms with Gasteiger partial charge in [-0.05, 0) is 43.6 Å². The van der Waals surface area contributed by atoms with E-state index >= 15 is 0 Å². The van der Waals surface area contributed by atoms with Crippen LogP contribution in [0.3, 0.4) is 0 Å². The van der Waals surface area contributed by atoms with Crippen LogP contribution in [0.25, 0.3) is 5.65 Å². The largest absolute Gasteiger partial charge is 0.379 e. The molecule has 2 saturated carbocycles. The van der Waals surface area contributed by atoms with E-state index in [1.807, 2.05) is 21.8 Å². The van der Waals surface area contributed by atoms with Gasteiger partial charge in [0.15, 0.2) is 11.3 Å². The summed E-state index contributed by atoms with van der Waals surface area (Å²) < 4.78 is 9.51. The summed E-state index contributed by atoms with van der Waals surface area (Å²) in [4.78, 5) is 19.3. The second-order valence-corrected chi connectivity index (χ2v) is 8.89. The maximum atomic E-state index is 13.1. The summed E-state index contributed by atoms with van der Waals surface area (Å²) in [7, 11) is 1.78. The second kappa shape index (κ2) is 6.87. The lowest BCUT2D eigenvalue weighted by atomic mass is 9.77. The van der Waals surface area contributed by atoms with Gasteiger partial charge in [-0.1, -0.05) is 5.21 Å². The van der Waals surface area contributed by atoms with Crippen LogP contribution in [0.5, 0.6) is 0 Å². The van der Waals surface area contributed by atoms with Gasteiger partial charge in [0.2, 0.25) is 0 Å². The molecule has 0 N–H and O–H groups in total. The van der Waals surface area contributed by atoms with Crippen LogP contribution in [0.1, 0.15) is 53.8 Å². The Hall–Kier alpha value is -2.81. The van der Waals surface area contributed by atoms with Crippen molar-refractivity contribution in [1.29, 1.82) is 0 Å². The average Bonchev–Trinajstić information content (AvgIpc) is 3.19. The van der Waals surface area contributed by atoms with Crippen LogP contribution in [0, 0.1) is 11.8 Å². The van der Waals surface area contributed by atoms with E-state index in [2.05, 4.69) is 26.6 Å². The van der Waals surface area contributed by atoms with Crippen molar-refractivity contribution in [2.24, 2.45) is 11.8 Å². The molecule has 3 fully saturated rings. The van der Waals surface area contributed by atoms with Gasteiger partial charge < -0.3 is 9.64 Å². The number of amides is 1. The van der Waals surface area contributed by atoms with Crippen LogP contribution in [0.2, 0.25) is 0 Å². The van der Waals surface area contributed by atoms with Gasteiger partial charge in [0, 0.05) is 50.8 Å². The maximum Gasteiger partial charge on any atom is 0.274 e. The van der Waals surface area contributed by atoms with E-state index in [4.69, 9.17) is 4.74 Å². The standard InChI is InChI=1S/C21H25N7O2/c1-30-19-8-15-11-26(21(29)16-9-20-22-5-2-6-27(20)24-16)10-14(15)7-18(19)28-12-17(23-25-28)13-3-4-13/h2,5-6,9,12-15,18-19H,3-4,7-8,10-11H2,1H3/t14-,15+,18-,19-/m1/s1. The van der Waals surface area contributed by atoms with Gasteiger partial charge in [0.25, 0.3) is 5.91 Å². The molecule has 0 unspecified atom stereocenters. The fourth-order valence-electron chi connectivity index (χ4n) is 5.20. The van der Waals surface area contributed by atoms with Crippen LogP contribution >= 0.6 is 0 Å². The van der Waals surface area contributed by atoms with Crippen molar-refractivity contribution in [3.63, 3.8) is 0 Å². The normalized spacial score (nSPS) is 28.8. The molecular weight excluding hydrogens is 382 g/mol. The second-order valence-electron chi connectivity index (χ2n) is 8.89. The number of methoxy groups -OCH3 is 1. The van der Waals surface area contributed by atoms with E-state index in [1.165, 1.54) is 12.8 Å². The summed E-state index contributed by atoms with van der Waals surface area (Å²) in [5, 5.41) is 13.2. The number of likely N-dealkylation sites (tertiary alicyclic amines) is 1. The van der Waals surface area contributed by atoms with Gasteiger partial charge in [-0.3, -0.25) is 4.79 Å². The van der Waals surface area contributed by atoms with Crippen molar-refractivity contribution in [2.45, 2.75) is 43.7 Å². The van der Waals surface area contributed by atoms with E-state index < -0.39 is 0 Å². The number of carbonyl (C=O) groups is 1. The van der Waals surface area contributed by atoms with E-state index in [0.717, 1.165) is 31.6 Å². The zero-order chi connectivity index (χ0) is 20.2. The first-order valence-corrected chi connectivity index (χ1v) is 10.7. The van der Waals surface area contributed by atoms with Crippen LogP contribution < -0.4 is 0 Å². The Labute approximate surface area is 174 Å². The summed E-state index contributed by atoms with van der Waals surface area (Å²) in [5.41, 5.74) is 2.25. The lowest BCUT2D eigenvalue weighted by Crippen LogP contribution is -2.37. The van der Waals surface area contributed by atoms with E-state index in [0.29, 0.717) is 29.1 Å². The van der Waals surface area contributed by atoms with Crippen molar-refractivity contribution in [3.05, 3.63) is 42.1 Å². The Morgan fingerprint density at radius 2 is 2.03 bits per heavy atom. The number of carbonyl (C=O) groups excluding carboxylic acids is 1. The van der Waals surface area contributed by atoms with Gasteiger partial charge in [0.05, 0.1) is 17.8 Å². The molecule has 6 rings (SSSR count). The molecule has 0 spiro atoms. The molecule has 1 aliphatic heterocycles. The van der Waals surface area contributed by atoms with Gasteiger partial charge in [-0.15, -0.1) is 5.10 Å². The molecule has 0 radical (unpaired) electrons. The molecule has 1 saturated heterocycles. The highest BCUT2D eigenvalue weighted by atomic mass is 16.5. The zero-order valence-electron chi connectivity index (χ0n) is 17.0. The molecule has 3 aromatic rings. The Morgan fingerprint density at radius 3 is 2.80 bits per heavy atom. The fourth-order valence-corrected chi connectivity index (χ4v) is 5.20. The number of rotatable bonds is 4. The highest BCUT2D eigenvalue weighted by molar-refractivity contribution is 5.93. The highest BCUT2D eigenvalue weighted by Crippen LogP contribution is 2.43. The summed E-state index contributed by atoms with van der Waals surface area (Å²) >= 11 is 0. The molecule has 9 nitrogen and oxygen atoms in total. The Morgan fingerprint density at radius 1 is 1.20 bits per heavy atom. The molecule has 3 aromatic heterocycles. The highest BCUT2D eigenvalue weighted by Gasteiger charge is 2.45. The van der Waals surface area contributed by atoms with Crippen LogP contribution in [0.4, 0.5) is 0 Å². The van der Waals surface area contributed by atoms with Gasteiger partial charge >= 0.3 is 0 Å². The maximum absolute atomic E-state index is 13.1. The van der Waals surface area contributed by atoms with Gasteiger partial charge in [-0.25, -0.2) is 14.2 Å². The third-order valence-electron chi connectivity index (χ3n) is 6.99. The quantitative estimate of drug-likeness (QED) is 0.657. The number of aromatic nitrogens is 6. The fraction of sp³-hybridized carbons (Fsp3) is 0.571. The summed E-state index contributed by atoms with van der Waals surface area (Å²) in [6.07, 6.45) is 10.0. The minimum absolute atomic E-state index is 0.0165. The van der Waals surface area contributed by atoms with E-state index in [-0.39, 0.29) is 18.1 Å². The number of hydrogen-bond donors (Lipinski definition) is 0. The minimum atomic E-state index is -0.0165. The van der Waals surface area contributed by atoms with E-state index in [9.17, 15) is 4.79 Å². The topological polar surface area (TPSA) is 90.4 Å². The first-order chi connectivity index (χ1) is 14.7. The van der Waals surface area contributed by atoms with E-state index in [1.54, 1.807) is 23.9 Å². The summed E-state index contributed by atoms with van der Waals surface area (Å²) in [5.74, 6) is 1.46. The molecule has 1 amide bonds. The summed E-state index contributed by atoms with van der Waals surface area (Å²) in [6.45, 7) is 1.50. The predicted octanol–water partition coefficient (Wildman–Crippen LogP) is 1.94. The van der Waals surface area contributed by atoms with Gasteiger partial charge in [0.1, 0.15) is 0 Å². The molecule has 4 heterocycles. The number of ether oxygens (including phenoxy) is 1. The Bertz CT molecular complexity index is 1050. The Kier molecular flexibility index (Phi) is 4.12. The van der Waals surface area contributed by atoms with Crippen molar-refractivity contribution in [3.8, 4) is 0 Å². The zero-order valence-corrected chi connectivity index (χ0v) is 17.0. The lowest BCUT2D eigenvalue weighted by molar-refractivity contribution is -0.00546. The monoisotopic (exact) mass is 407 g/mol. The molecular formula is C21H25N7O2. The van der Waals surface area contributed by atoms with Crippen molar-refractivity contribution < 1.29 is 9.53 Å². The molecule has 30 heavy (non-hydrogen) atoms. The third-order valence-corrected chi connectivity index (χ3v) is 6.99. The molecule has 156 valence electrons. The molecule has 0 aromatic carbocycles. The summed E-state index contributed by atoms with van der Waals surface area (Å²) in [6, 6.07) is 3.74. The van der Waals surface area contributed by atoms with Crippen LogP contribution in [-0.4, -0.2) is 66.7 Å². The number of hydrogen-bond acceptors (Lipinski definition) is 6. The average molecular weight is 407 g/mol.